The van der Waals surface area contributed by atoms with Crippen molar-refractivity contribution in [2.24, 2.45) is 17.6 Å². The van der Waals surface area contributed by atoms with E-state index in [1.54, 1.807) is 25.1 Å². The van der Waals surface area contributed by atoms with Gasteiger partial charge in [-0.15, -0.1) is 0 Å². The lowest BCUT2D eigenvalue weighted by Crippen LogP contribution is -2.57. The van der Waals surface area contributed by atoms with Gasteiger partial charge in [-0.05, 0) is 36.0 Å². The van der Waals surface area contributed by atoms with E-state index in [1.165, 1.54) is 0 Å². The molecule has 9 nitrogen and oxygen atoms in total. The molecule has 6 N–H and O–H groups in total. The molecule has 0 bridgehead atoms. The number of nitrogens with zero attached hydrogens (tertiary/aromatic N) is 1. The van der Waals surface area contributed by atoms with Crippen LogP contribution in [-0.2, 0) is 22.4 Å². The first-order chi connectivity index (χ1) is 18.5. The Balaban J connectivity index is 1.63. The maximum absolute atomic E-state index is 13.9. The molecule has 0 fully saturated rings. The Morgan fingerprint density at radius 1 is 1.13 bits per heavy atom. The fourth-order valence-electron chi connectivity index (χ4n) is 6.00. The topological polar surface area (TPSA) is 161 Å². The van der Waals surface area contributed by atoms with Gasteiger partial charge in [0.1, 0.15) is 22.8 Å². The largest absolute Gasteiger partial charge is 0.511 e. The summed E-state index contributed by atoms with van der Waals surface area (Å²) in [6.07, 6.45) is 0.467. The smallest absolute Gasteiger partial charge is 0.255 e. The van der Waals surface area contributed by atoms with Gasteiger partial charge in [-0.25, -0.2) is 0 Å². The molecule has 0 radical (unpaired) electrons. The van der Waals surface area contributed by atoms with Gasteiger partial charge in [0, 0.05) is 44.1 Å². The van der Waals surface area contributed by atoms with Crippen LogP contribution in [0.3, 0.4) is 0 Å². The van der Waals surface area contributed by atoms with Gasteiger partial charge in [0.05, 0.1) is 11.1 Å². The van der Waals surface area contributed by atoms with Crippen molar-refractivity contribution < 1.29 is 34.8 Å². The van der Waals surface area contributed by atoms with Crippen LogP contribution < -0.4 is 10.6 Å². The average Bonchev–Trinajstić information content (AvgIpc) is 2.87. The Kier molecular flexibility index (Phi) is 6.24. The number of carbonyl (C=O) groups excluding carboxylic acids is 3. The third-order valence-electron chi connectivity index (χ3n) is 7.88. The molecule has 0 heterocycles. The summed E-state index contributed by atoms with van der Waals surface area (Å²) in [6.45, 7) is 0. The number of amides is 1. The Labute approximate surface area is 224 Å². The quantitative estimate of drug-likeness (QED) is 0.299. The third kappa shape index (κ3) is 3.96. The van der Waals surface area contributed by atoms with Crippen molar-refractivity contribution in [1.82, 2.24) is 0 Å². The van der Waals surface area contributed by atoms with Crippen molar-refractivity contribution in [2.45, 2.75) is 31.3 Å². The molecule has 0 saturated carbocycles. The molecule has 0 saturated heterocycles. The zero-order chi connectivity index (χ0) is 28.2. The lowest BCUT2D eigenvalue weighted by molar-refractivity contribution is -0.144. The number of allylic oxidation sites excluding steroid dienone is 2. The van der Waals surface area contributed by atoms with Crippen LogP contribution in [0.15, 0.2) is 59.1 Å². The average molecular weight is 529 g/mol. The normalized spacial score (nSPS) is 23.9. The van der Waals surface area contributed by atoms with E-state index in [0.29, 0.717) is 17.7 Å². The van der Waals surface area contributed by atoms with E-state index >= 15 is 0 Å². The van der Waals surface area contributed by atoms with Gasteiger partial charge in [0.25, 0.3) is 5.91 Å². The van der Waals surface area contributed by atoms with Crippen molar-refractivity contribution in [3.8, 4) is 17.6 Å². The second-order valence-corrected chi connectivity index (χ2v) is 10.4. The first kappa shape index (κ1) is 26.1. The van der Waals surface area contributed by atoms with Crippen molar-refractivity contribution >= 4 is 23.2 Å². The second-order valence-electron chi connectivity index (χ2n) is 10.4. The summed E-state index contributed by atoms with van der Waals surface area (Å²) in [5.74, 6) is -0.592. The molecule has 9 heteroatoms. The highest BCUT2D eigenvalue weighted by molar-refractivity contribution is 6.24. The van der Waals surface area contributed by atoms with Crippen LogP contribution >= 0.6 is 0 Å². The molecule has 200 valence electrons. The third-order valence-corrected chi connectivity index (χ3v) is 7.88. The Morgan fingerprint density at radius 2 is 1.82 bits per heavy atom. The molecule has 3 aliphatic carbocycles. The molecule has 5 rings (SSSR count). The van der Waals surface area contributed by atoms with E-state index in [2.05, 4.69) is 11.8 Å². The molecule has 0 aliphatic heterocycles. The van der Waals surface area contributed by atoms with E-state index in [9.17, 15) is 34.8 Å². The van der Waals surface area contributed by atoms with Crippen LogP contribution in [0, 0.1) is 23.7 Å². The number of primary amides is 1. The lowest BCUT2D eigenvalue weighted by atomic mass is 9.60. The minimum atomic E-state index is -2.59. The first-order valence-electron chi connectivity index (χ1n) is 12.5. The number of rotatable bonds is 3. The summed E-state index contributed by atoms with van der Waals surface area (Å²) >= 11 is 0. The Bertz CT molecular complexity index is 1560. The predicted molar refractivity (Wildman–Crippen MR) is 142 cm³/mol. The van der Waals surface area contributed by atoms with Crippen molar-refractivity contribution in [2.75, 3.05) is 19.0 Å². The van der Waals surface area contributed by atoms with Gasteiger partial charge < -0.3 is 31.1 Å². The standard InChI is InChI=1S/C30H28N2O7/c1-32(2)20-13-16(10-6-9-15-7-4-3-5-8-15)25(34)23-19(20)12-17-11-18-14-21(33)24(29(31)38)28(37)30(18,39)27(36)22(17)26(23)35/h3-5,7-8,13,17-18,33-34,36,39H,9,11-12,14H2,1-2H3,(H2,31,38)/t17-,18+,30+/m1/s1. The van der Waals surface area contributed by atoms with Crippen LogP contribution in [0.5, 0.6) is 5.75 Å². The van der Waals surface area contributed by atoms with Crippen molar-refractivity contribution in [1.29, 1.82) is 0 Å². The number of benzene rings is 2. The number of fused-ring (bicyclic) bond motifs is 3. The minimum Gasteiger partial charge on any atom is -0.511 e. The molecule has 0 aromatic heterocycles. The van der Waals surface area contributed by atoms with E-state index in [4.69, 9.17) is 5.73 Å². The first-order valence-corrected chi connectivity index (χ1v) is 12.5. The summed E-state index contributed by atoms with van der Waals surface area (Å²) in [7, 11) is 3.60. The number of ketones is 2. The Hall–Kier alpha value is -4.55. The zero-order valence-corrected chi connectivity index (χ0v) is 21.5. The van der Waals surface area contributed by atoms with Crippen molar-refractivity contribution in [3.63, 3.8) is 0 Å². The number of aliphatic hydroxyl groups is 3. The lowest BCUT2D eigenvalue weighted by Gasteiger charge is -2.45. The number of anilines is 1. The maximum atomic E-state index is 13.9. The molecule has 3 aliphatic rings. The van der Waals surface area contributed by atoms with Crippen LogP contribution in [0.1, 0.15) is 39.9 Å². The summed E-state index contributed by atoms with van der Waals surface area (Å²) in [4.78, 5) is 40.6. The fourth-order valence-corrected chi connectivity index (χ4v) is 6.00. The number of hydrogen-bond donors (Lipinski definition) is 5. The van der Waals surface area contributed by atoms with E-state index in [0.717, 1.165) is 5.56 Å². The molecule has 0 spiro atoms. The SMILES string of the molecule is CN(C)c1cc(C#CCc2ccccc2)c(O)c2c1C[C@H]1C[C@H]3CC(O)=C(C(N)=O)C(=O)[C@@]3(O)C(O)=C1C2=O. The molecule has 2 aromatic carbocycles. The summed E-state index contributed by atoms with van der Waals surface area (Å²) in [5, 5.41) is 44.2. The van der Waals surface area contributed by atoms with Gasteiger partial charge >= 0.3 is 0 Å². The number of aromatic hydroxyl groups is 1. The number of carbonyl (C=O) groups is 3. The molecule has 1 amide bonds. The highest BCUT2D eigenvalue weighted by Crippen LogP contribution is 2.52. The molecule has 3 atom stereocenters. The van der Waals surface area contributed by atoms with E-state index < -0.39 is 52.0 Å². The zero-order valence-electron chi connectivity index (χ0n) is 21.5. The number of aliphatic hydroxyl groups excluding tert-OH is 2. The monoisotopic (exact) mass is 528 g/mol. The van der Waals surface area contributed by atoms with Gasteiger partial charge in [-0.1, -0.05) is 42.2 Å². The van der Waals surface area contributed by atoms with Gasteiger partial charge in [-0.2, -0.15) is 0 Å². The van der Waals surface area contributed by atoms with E-state index in [-0.39, 0.29) is 41.7 Å². The highest BCUT2D eigenvalue weighted by atomic mass is 16.3. The summed E-state index contributed by atoms with van der Waals surface area (Å²) in [5.41, 5.74) is 4.05. The number of hydrogen-bond acceptors (Lipinski definition) is 8. The minimum absolute atomic E-state index is 0.0539. The van der Waals surface area contributed by atoms with Crippen LogP contribution in [0.4, 0.5) is 5.69 Å². The fraction of sp³-hybridized carbons (Fsp3) is 0.300. The number of phenols is 1. The molecular weight excluding hydrogens is 500 g/mol. The Morgan fingerprint density at radius 3 is 2.46 bits per heavy atom. The molecule has 0 unspecified atom stereocenters. The van der Waals surface area contributed by atoms with Crippen LogP contribution in [0.25, 0.3) is 0 Å². The number of nitrogens with two attached hydrogens (primary N) is 1. The van der Waals surface area contributed by atoms with Gasteiger partial charge in [0.2, 0.25) is 5.78 Å². The molecule has 2 aromatic rings. The maximum Gasteiger partial charge on any atom is 0.255 e. The number of phenolic OH excluding ortho intramolecular Hbond substituents is 1. The second kappa shape index (κ2) is 9.33. The van der Waals surface area contributed by atoms with Crippen LogP contribution in [0.2, 0.25) is 0 Å². The molecular formula is C30H28N2O7. The van der Waals surface area contributed by atoms with Crippen LogP contribution in [-0.4, -0.2) is 57.6 Å². The summed E-state index contributed by atoms with van der Waals surface area (Å²) in [6, 6.07) is 11.3. The van der Waals surface area contributed by atoms with Gasteiger partial charge in [0.15, 0.2) is 11.4 Å². The highest BCUT2D eigenvalue weighted by Gasteiger charge is 2.59. The molecule has 39 heavy (non-hydrogen) atoms. The van der Waals surface area contributed by atoms with Gasteiger partial charge in [-0.3, -0.25) is 14.4 Å². The van der Waals surface area contributed by atoms with E-state index in [1.807, 2.05) is 30.3 Å². The number of Topliss-reactive ketones (excluding diaryl/α,β-unsaturated/α-hetero) is 2. The summed E-state index contributed by atoms with van der Waals surface area (Å²) < 4.78 is 0. The predicted octanol–water partition coefficient (Wildman–Crippen LogP) is 2.24. The van der Waals surface area contributed by atoms with Crippen molar-refractivity contribution in [3.05, 3.63) is 81.3 Å².